The third-order valence-electron chi connectivity index (χ3n) is 3.23. The van der Waals surface area contributed by atoms with Gasteiger partial charge in [0.1, 0.15) is 0 Å². The Bertz CT molecular complexity index is 396. The van der Waals surface area contributed by atoms with Gasteiger partial charge in [0.15, 0.2) is 0 Å². The summed E-state index contributed by atoms with van der Waals surface area (Å²) in [5.74, 6) is -0.880. The summed E-state index contributed by atoms with van der Waals surface area (Å²) in [7, 11) is 0. The number of carbonyl (C=O) groups is 2. The number of amides is 2. The van der Waals surface area contributed by atoms with Crippen LogP contribution in [0.25, 0.3) is 0 Å². The topological polar surface area (TPSA) is 69.6 Å². The van der Waals surface area contributed by atoms with Crippen LogP contribution in [-0.4, -0.2) is 41.1 Å². The van der Waals surface area contributed by atoms with Crippen molar-refractivity contribution in [2.45, 2.75) is 53.0 Å². The van der Waals surface area contributed by atoms with Crippen LogP contribution in [0.1, 0.15) is 47.0 Å². The van der Waals surface area contributed by atoms with Crippen LogP contribution in [0.5, 0.6) is 0 Å². The molecular formula is C15H26N2O3. The Labute approximate surface area is 121 Å². The van der Waals surface area contributed by atoms with Crippen LogP contribution >= 0.6 is 0 Å². The highest BCUT2D eigenvalue weighted by molar-refractivity contribution is 5.76. The molecule has 0 aromatic rings. The molecule has 0 aliphatic carbocycles. The molecule has 5 nitrogen and oxygen atoms in total. The second kappa shape index (κ2) is 6.77. The Morgan fingerprint density at radius 3 is 2.60 bits per heavy atom. The van der Waals surface area contributed by atoms with E-state index < -0.39 is 5.97 Å². The maximum atomic E-state index is 12.2. The van der Waals surface area contributed by atoms with Gasteiger partial charge in [0, 0.05) is 19.1 Å². The number of nitrogens with zero attached hydrogens (tertiary/aromatic N) is 1. The Hall–Kier alpha value is -1.52. The Morgan fingerprint density at radius 2 is 2.10 bits per heavy atom. The van der Waals surface area contributed by atoms with Crippen LogP contribution in [0, 0.1) is 5.41 Å². The van der Waals surface area contributed by atoms with Gasteiger partial charge in [-0.3, -0.25) is 4.79 Å². The summed E-state index contributed by atoms with van der Waals surface area (Å²) in [5.41, 5.74) is 1.16. The molecule has 1 unspecified atom stereocenters. The van der Waals surface area contributed by atoms with E-state index in [0.29, 0.717) is 19.5 Å². The van der Waals surface area contributed by atoms with Crippen molar-refractivity contribution >= 4 is 12.0 Å². The summed E-state index contributed by atoms with van der Waals surface area (Å²) >= 11 is 0. The van der Waals surface area contributed by atoms with Crippen LogP contribution < -0.4 is 5.32 Å². The fourth-order valence-electron chi connectivity index (χ4n) is 2.47. The van der Waals surface area contributed by atoms with E-state index in [1.807, 2.05) is 27.7 Å². The minimum atomic E-state index is -0.880. The average Bonchev–Trinajstić information content (AvgIpc) is 2.25. The summed E-state index contributed by atoms with van der Waals surface area (Å²) in [4.78, 5) is 24.9. The Morgan fingerprint density at radius 1 is 1.45 bits per heavy atom. The van der Waals surface area contributed by atoms with Crippen molar-refractivity contribution in [3.8, 4) is 0 Å². The molecule has 114 valence electrons. The zero-order chi connectivity index (χ0) is 15.3. The van der Waals surface area contributed by atoms with Gasteiger partial charge in [-0.1, -0.05) is 32.4 Å². The third kappa shape index (κ3) is 6.08. The first-order valence-corrected chi connectivity index (χ1v) is 7.10. The molecule has 5 heteroatoms. The maximum absolute atomic E-state index is 12.2. The maximum Gasteiger partial charge on any atom is 0.317 e. The summed E-state index contributed by atoms with van der Waals surface area (Å²) in [5, 5.41) is 11.8. The van der Waals surface area contributed by atoms with Gasteiger partial charge >= 0.3 is 12.0 Å². The van der Waals surface area contributed by atoms with Gasteiger partial charge in [0.05, 0.1) is 6.42 Å². The van der Waals surface area contributed by atoms with E-state index in [-0.39, 0.29) is 23.9 Å². The monoisotopic (exact) mass is 282 g/mol. The molecule has 0 radical (unpaired) electrons. The summed E-state index contributed by atoms with van der Waals surface area (Å²) in [6.45, 7) is 9.45. The number of aliphatic carboxylic acids is 1. The second-order valence-corrected chi connectivity index (χ2v) is 6.77. The van der Waals surface area contributed by atoms with E-state index >= 15 is 0 Å². The number of carboxylic acid groups (broad SMARTS) is 1. The lowest BCUT2D eigenvalue weighted by molar-refractivity contribution is -0.137. The van der Waals surface area contributed by atoms with Gasteiger partial charge in [0.25, 0.3) is 0 Å². The van der Waals surface area contributed by atoms with Gasteiger partial charge in [0.2, 0.25) is 0 Å². The van der Waals surface area contributed by atoms with Gasteiger partial charge in [-0.05, 0) is 25.2 Å². The standard InChI is InChI=1S/C15H26N2O3/c1-11-6-5-7-17(10-11)14(20)16-12(8-13(18)19)9-15(2,3)4/h6,12H,5,7-10H2,1-4H3,(H,16,20)(H,18,19). The van der Waals surface area contributed by atoms with Crippen molar-refractivity contribution in [2.75, 3.05) is 13.1 Å². The highest BCUT2D eigenvalue weighted by Gasteiger charge is 2.25. The van der Waals surface area contributed by atoms with Crippen LogP contribution in [0.15, 0.2) is 11.6 Å². The van der Waals surface area contributed by atoms with Crippen LogP contribution in [0.2, 0.25) is 0 Å². The SMILES string of the molecule is CC1=CCCN(C(=O)NC(CC(=O)O)CC(C)(C)C)C1. The molecule has 0 spiro atoms. The lowest BCUT2D eigenvalue weighted by Gasteiger charge is -2.31. The number of carboxylic acids is 1. The van der Waals surface area contributed by atoms with E-state index in [2.05, 4.69) is 11.4 Å². The van der Waals surface area contributed by atoms with Crippen LogP contribution in [0.4, 0.5) is 4.79 Å². The van der Waals surface area contributed by atoms with Gasteiger partial charge in [-0.25, -0.2) is 4.79 Å². The molecule has 0 bridgehead atoms. The summed E-state index contributed by atoms with van der Waals surface area (Å²) < 4.78 is 0. The molecule has 0 aromatic carbocycles. The van der Waals surface area contributed by atoms with Crippen molar-refractivity contribution in [2.24, 2.45) is 5.41 Å². The Balaban J connectivity index is 2.61. The van der Waals surface area contributed by atoms with Crippen molar-refractivity contribution < 1.29 is 14.7 Å². The van der Waals surface area contributed by atoms with Crippen LogP contribution in [-0.2, 0) is 4.79 Å². The number of nitrogens with one attached hydrogen (secondary N) is 1. The minimum absolute atomic E-state index is 0.0227. The van der Waals surface area contributed by atoms with E-state index in [0.717, 1.165) is 6.42 Å². The smallest absolute Gasteiger partial charge is 0.317 e. The zero-order valence-electron chi connectivity index (χ0n) is 12.9. The lowest BCUT2D eigenvalue weighted by atomic mass is 9.87. The van der Waals surface area contributed by atoms with E-state index in [1.54, 1.807) is 4.90 Å². The fraction of sp³-hybridized carbons (Fsp3) is 0.733. The van der Waals surface area contributed by atoms with Crippen LogP contribution in [0.3, 0.4) is 0 Å². The predicted molar refractivity (Wildman–Crippen MR) is 78.6 cm³/mol. The molecule has 1 atom stereocenters. The third-order valence-corrected chi connectivity index (χ3v) is 3.23. The van der Waals surface area contributed by atoms with Crippen molar-refractivity contribution in [1.82, 2.24) is 10.2 Å². The molecular weight excluding hydrogens is 256 g/mol. The van der Waals surface area contributed by atoms with E-state index in [4.69, 9.17) is 5.11 Å². The normalized spacial score (nSPS) is 17.4. The molecule has 0 saturated carbocycles. The molecule has 2 amide bonds. The first-order chi connectivity index (χ1) is 9.17. The molecule has 20 heavy (non-hydrogen) atoms. The number of hydrogen-bond acceptors (Lipinski definition) is 2. The largest absolute Gasteiger partial charge is 0.481 e. The van der Waals surface area contributed by atoms with Crippen molar-refractivity contribution in [1.29, 1.82) is 0 Å². The van der Waals surface area contributed by atoms with Crippen molar-refractivity contribution in [3.63, 3.8) is 0 Å². The molecule has 2 N–H and O–H groups in total. The Kier molecular flexibility index (Phi) is 5.60. The summed E-state index contributed by atoms with van der Waals surface area (Å²) in [6.07, 6.45) is 3.61. The fourth-order valence-corrected chi connectivity index (χ4v) is 2.47. The van der Waals surface area contributed by atoms with E-state index in [9.17, 15) is 9.59 Å². The lowest BCUT2D eigenvalue weighted by Crippen LogP contribution is -2.48. The quantitative estimate of drug-likeness (QED) is 0.779. The highest BCUT2D eigenvalue weighted by atomic mass is 16.4. The van der Waals surface area contributed by atoms with Gasteiger partial charge in [-0.2, -0.15) is 0 Å². The van der Waals surface area contributed by atoms with Gasteiger partial charge < -0.3 is 15.3 Å². The first-order valence-electron chi connectivity index (χ1n) is 7.10. The molecule has 1 heterocycles. The second-order valence-electron chi connectivity index (χ2n) is 6.77. The number of urea groups is 1. The number of carbonyl (C=O) groups excluding carboxylic acids is 1. The molecule has 1 rings (SSSR count). The molecule has 0 aromatic heterocycles. The van der Waals surface area contributed by atoms with Crippen molar-refractivity contribution in [3.05, 3.63) is 11.6 Å². The van der Waals surface area contributed by atoms with E-state index in [1.165, 1.54) is 5.57 Å². The zero-order valence-corrected chi connectivity index (χ0v) is 12.9. The first kappa shape index (κ1) is 16.5. The molecule has 0 fully saturated rings. The average molecular weight is 282 g/mol. The number of hydrogen-bond donors (Lipinski definition) is 2. The number of rotatable bonds is 4. The predicted octanol–water partition coefficient (Wildman–Crippen LogP) is 2.63. The molecule has 1 aliphatic heterocycles. The minimum Gasteiger partial charge on any atom is -0.481 e. The van der Waals surface area contributed by atoms with Gasteiger partial charge in [-0.15, -0.1) is 0 Å². The molecule has 1 aliphatic rings. The highest BCUT2D eigenvalue weighted by Crippen LogP contribution is 2.22. The molecule has 0 saturated heterocycles. The summed E-state index contributed by atoms with van der Waals surface area (Å²) in [6, 6.07) is -0.487.